The van der Waals surface area contributed by atoms with Crippen LogP contribution in [0.4, 0.5) is 26.3 Å². The second kappa shape index (κ2) is 22.4. The van der Waals surface area contributed by atoms with E-state index in [9.17, 15) is 14.4 Å². The molecule has 15 heteroatoms. The number of halogens is 6. The van der Waals surface area contributed by atoms with Gasteiger partial charge in [0.15, 0.2) is 0 Å². The molecule has 4 bridgehead atoms. The van der Waals surface area contributed by atoms with Crippen LogP contribution in [0.2, 0.25) is 0 Å². The lowest BCUT2D eigenvalue weighted by Gasteiger charge is -2.71. The molecular weight excluding hydrogens is 1170 g/mol. The Hall–Kier alpha value is -8.19. The summed E-state index contributed by atoms with van der Waals surface area (Å²) in [6.45, 7) is 9.04. The van der Waals surface area contributed by atoms with Crippen molar-refractivity contribution in [1.29, 1.82) is 0 Å². The van der Waals surface area contributed by atoms with Crippen LogP contribution in [0, 0.1) is 25.7 Å². The molecule has 8 aromatic rings. The van der Waals surface area contributed by atoms with Crippen LogP contribution in [0.15, 0.2) is 158 Å². The van der Waals surface area contributed by atoms with Crippen LogP contribution >= 0.6 is 22.7 Å². The maximum absolute atomic E-state index is 16.2. The number of rotatable bonds is 15. The first-order valence-corrected chi connectivity index (χ1v) is 31.0. The fourth-order valence-corrected chi connectivity index (χ4v) is 17.1. The number of carbonyl (C=O) groups excluding carboxylic acids is 3. The van der Waals surface area contributed by atoms with Crippen molar-refractivity contribution in [2.24, 2.45) is 0 Å². The summed E-state index contributed by atoms with van der Waals surface area (Å²) < 4.78 is 117. The quantitative estimate of drug-likeness (QED) is 0.0437. The average Bonchev–Trinajstić information content (AvgIpc) is 0.837. The molecule has 2 aromatic heterocycles. The second-order valence-electron chi connectivity index (χ2n) is 23.8. The van der Waals surface area contributed by atoms with E-state index < -0.39 is 50.6 Å². The molecule has 5 aliphatic carbocycles. The van der Waals surface area contributed by atoms with Crippen molar-refractivity contribution >= 4 is 51.7 Å². The number of allylic oxidation sites excluding steroid dienone is 2. The lowest BCUT2D eigenvalue weighted by molar-refractivity contribution is -0.254. The molecule has 450 valence electrons. The lowest BCUT2D eigenvalue weighted by atomic mass is 9.32. The van der Waals surface area contributed by atoms with Gasteiger partial charge in [-0.1, -0.05) is 72.5 Å². The summed E-state index contributed by atoms with van der Waals surface area (Å²) in [6.07, 6.45) is 4.88. The molecule has 0 amide bonds. The van der Waals surface area contributed by atoms with Gasteiger partial charge in [-0.25, -0.2) is 14.4 Å². The van der Waals surface area contributed by atoms with Crippen LogP contribution in [-0.2, 0) is 35.9 Å². The fourth-order valence-electron chi connectivity index (χ4n) is 15.1. The van der Waals surface area contributed by atoms with Crippen LogP contribution in [0.25, 0.3) is 32.0 Å². The molecule has 2 heterocycles. The van der Waals surface area contributed by atoms with Gasteiger partial charge < -0.3 is 18.9 Å². The Labute approximate surface area is 515 Å². The van der Waals surface area contributed by atoms with E-state index >= 15 is 26.3 Å². The Morgan fingerprint density at radius 2 is 0.716 bits per heavy atom. The van der Waals surface area contributed by atoms with Crippen LogP contribution in [-0.4, -0.2) is 62.6 Å². The Morgan fingerprint density at radius 3 is 1.01 bits per heavy atom. The molecule has 7 nitrogen and oxygen atoms in total. The SMILES string of the molecule is CCOC(=O)c1ccc(C23CC4(c5ccc(C#Cc6ccc(-c7cc(C8=C(c9cc(-c%10ccc(OC)cc%10)sc9C)C(F)(F)C(F)(F)C8(F)F)c(C)s7)cc6)cc5)CC(c5ccc(C(=O)OCC)cc5)(C2)CC(c2ccc(C(=O)OCC)cc2)(C4)C3)cc1. The zero-order chi connectivity index (χ0) is 62.2. The van der Waals surface area contributed by atoms with Gasteiger partial charge in [-0.15, -0.1) is 22.7 Å². The average molecular weight is 1230 g/mol. The third-order valence-corrected chi connectivity index (χ3v) is 20.7. The van der Waals surface area contributed by atoms with Crippen molar-refractivity contribution < 1.29 is 59.7 Å². The number of aryl methyl sites for hydroxylation is 2. The van der Waals surface area contributed by atoms with Crippen molar-refractivity contribution in [2.75, 3.05) is 26.9 Å². The van der Waals surface area contributed by atoms with Crippen LogP contribution in [0.3, 0.4) is 0 Å². The van der Waals surface area contributed by atoms with Gasteiger partial charge in [-0.3, -0.25) is 0 Å². The normalized spacial score (nSPS) is 22.6. The largest absolute Gasteiger partial charge is 0.497 e. The van der Waals surface area contributed by atoms with E-state index in [0.717, 1.165) is 89.0 Å². The predicted octanol–water partition coefficient (Wildman–Crippen LogP) is 18.0. The smallest absolute Gasteiger partial charge is 0.380 e. The number of thiophene rings is 2. The Morgan fingerprint density at radius 1 is 0.432 bits per heavy atom. The van der Waals surface area contributed by atoms with E-state index in [-0.39, 0.29) is 58.6 Å². The van der Waals surface area contributed by atoms with Crippen molar-refractivity contribution in [3.63, 3.8) is 0 Å². The fraction of sp³-hybridized carbons (Fsp3) is 0.301. The van der Waals surface area contributed by atoms with E-state index in [1.165, 1.54) is 33.1 Å². The highest BCUT2D eigenvalue weighted by Gasteiger charge is 2.80. The summed E-state index contributed by atoms with van der Waals surface area (Å²) in [6, 6.07) is 48.3. The molecular formula is C73H62F6O7S2. The van der Waals surface area contributed by atoms with Crippen LogP contribution in [0.1, 0.15) is 145 Å². The van der Waals surface area contributed by atoms with Crippen molar-refractivity contribution in [2.45, 2.75) is 113 Å². The molecule has 0 spiro atoms. The molecule has 88 heavy (non-hydrogen) atoms. The second-order valence-corrected chi connectivity index (χ2v) is 26.4. The van der Waals surface area contributed by atoms with Gasteiger partial charge in [0.1, 0.15) is 5.75 Å². The molecule has 0 radical (unpaired) electrons. The van der Waals surface area contributed by atoms with Gasteiger partial charge in [-0.2, -0.15) is 26.3 Å². The number of benzene rings is 6. The molecule has 0 aliphatic heterocycles. The standard InChI is InChI=1S/C73H62F6O7S2/c1-7-84-64(80)50-18-28-54(29-19-50)68-38-67(39-69(41-68,55-30-20-51(21-31-55)65(81)85-8-2)43-70(40-67,42-68)56-32-22-52(23-33-56)66(82)86-9-3)53-26-14-47(15-27-53)11-10-46-12-16-48(17-13-46)60-36-58(44(4)87-60)62-63(72(76,77)73(78,79)71(62,74)75)59-37-61(88-45(59)5)49-24-34-57(83-6)35-25-49/h12-37H,7-9,38-43H2,1-6H3. The van der Waals surface area contributed by atoms with E-state index in [4.69, 9.17) is 18.9 Å². The first-order chi connectivity index (χ1) is 42.0. The first kappa shape index (κ1) is 60.1. The highest BCUT2D eigenvalue weighted by molar-refractivity contribution is 7.16. The monoisotopic (exact) mass is 1230 g/mol. The molecule has 4 saturated carbocycles. The summed E-state index contributed by atoms with van der Waals surface area (Å²) in [5, 5.41) is 0. The number of methoxy groups -OCH3 is 1. The summed E-state index contributed by atoms with van der Waals surface area (Å²) in [5.74, 6) is -10.2. The molecule has 0 N–H and O–H groups in total. The van der Waals surface area contributed by atoms with Gasteiger partial charge in [0.2, 0.25) is 0 Å². The third-order valence-electron chi connectivity index (χ3n) is 18.5. The zero-order valence-electron chi connectivity index (χ0n) is 49.3. The van der Waals surface area contributed by atoms with Gasteiger partial charge in [0, 0.05) is 41.8 Å². The minimum absolute atomic E-state index is 0.180. The van der Waals surface area contributed by atoms with E-state index in [0.29, 0.717) is 48.9 Å². The van der Waals surface area contributed by atoms with Crippen molar-refractivity contribution in [1.82, 2.24) is 0 Å². The molecule has 6 aromatic carbocycles. The highest BCUT2D eigenvalue weighted by Crippen LogP contribution is 2.75. The Bertz CT molecular complexity index is 3920. The van der Waals surface area contributed by atoms with E-state index in [1.54, 1.807) is 69.3 Å². The highest BCUT2D eigenvalue weighted by atomic mass is 32.1. The summed E-state index contributed by atoms with van der Waals surface area (Å²) in [4.78, 5) is 40.2. The number of hydrogen-bond donors (Lipinski definition) is 0. The summed E-state index contributed by atoms with van der Waals surface area (Å²) in [7, 11) is 1.49. The number of esters is 3. The number of ether oxygens (including phenoxy) is 4. The number of carbonyl (C=O) groups is 3. The van der Waals surface area contributed by atoms with Gasteiger partial charge >= 0.3 is 35.7 Å². The van der Waals surface area contributed by atoms with Crippen LogP contribution in [0.5, 0.6) is 5.75 Å². The molecule has 5 aliphatic rings. The minimum atomic E-state index is -5.70. The van der Waals surface area contributed by atoms with Gasteiger partial charge in [-0.05, 0) is 236 Å². The summed E-state index contributed by atoms with van der Waals surface area (Å²) >= 11 is 2.10. The Balaban J connectivity index is 0.877. The lowest BCUT2D eigenvalue weighted by Crippen LogP contribution is -2.67. The van der Waals surface area contributed by atoms with E-state index in [2.05, 4.69) is 60.4 Å². The van der Waals surface area contributed by atoms with E-state index in [1.807, 2.05) is 48.5 Å². The molecule has 0 saturated heterocycles. The maximum Gasteiger partial charge on any atom is 0.380 e. The Kier molecular flexibility index (Phi) is 15.3. The molecule has 0 unspecified atom stereocenters. The first-order valence-electron chi connectivity index (χ1n) is 29.4. The number of hydrogen-bond acceptors (Lipinski definition) is 9. The molecule has 4 fully saturated rings. The minimum Gasteiger partial charge on any atom is -0.497 e. The molecule has 0 atom stereocenters. The number of alkyl halides is 6. The molecule has 13 rings (SSSR count). The van der Waals surface area contributed by atoms with Crippen molar-refractivity contribution in [3.8, 4) is 38.5 Å². The predicted molar refractivity (Wildman–Crippen MR) is 331 cm³/mol. The third kappa shape index (κ3) is 10.0. The van der Waals surface area contributed by atoms with Crippen molar-refractivity contribution in [3.05, 3.63) is 229 Å². The zero-order valence-corrected chi connectivity index (χ0v) is 51.0. The van der Waals surface area contributed by atoms with Crippen LogP contribution < -0.4 is 4.74 Å². The maximum atomic E-state index is 16.2. The van der Waals surface area contributed by atoms with Gasteiger partial charge in [0.05, 0.1) is 43.6 Å². The summed E-state index contributed by atoms with van der Waals surface area (Å²) in [5.41, 5.74) is 3.38. The van der Waals surface area contributed by atoms with Gasteiger partial charge in [0.25, 0.3) is 0 Å². The topological polar surface area (TPSA) is 88.1 Å².